The van der Waals surface area contributed by atoms with Gasteiger partial charge in [-0.3, -0.25) is 14.9 Å². The molecule has 4 aromatic rings. The van der Waals surface area contributed by atoms with E-state index in [0.717, 1.165) is 17.6 Å². The van der Waals surface area contributed by atoms with Crippen LogP contribution in [0.15, 0.2) is 60.1 Å². The molecule has 0 aliphatic rings. The number of carbonyl (C=O) groups is 2. The second-order valence-corrected chi connectivity index (χ2v) is 7.92. The Bertz CT molecular complexity index is 1200. The average molecular weight is 437 g/mol. The van der Waals surface area contributed by atoms with Crippen molar-refractivity contribution in [2.75, 3.05) is 11.9 Å². The first-order valence-electron chi connectivity index (χ1n) is 9.91. The molecule has 0 atom stereocenters. The Hall–Kier alpha value is -3.52. The van der Waals surface area contributed by atoms with Crippen LogP contribution in [0.4, 0.5) is 9.52 Å². The number of nitrogens with one attached hydrogen (secondary N) is 3. The Morgan fingerprint density at radius 2 is 1.87 bits per heavy atom. The van der Waals surface area contributed by atoms with Gasteiger partial charge in [-0.1, -0.05) is 18.2 Å². The molecule has 31 heavy (non-hydrogen) atoms. The van der Waals surface area contributed by atoms with Crippen LogP contribution in [0.2, 0.25) is 0 Å². The van der Waals surface area contributed by atoms with E-state index < -0.39 is 5.82 Å². The van der Waals surface area contributed by atoms with E-state index in [1.54, 1.807) is 0 Å². The highest BCUT2D eigenvalue weighted by Crippen LogP contribution is 2.19. The van der Waals surface area contributed by atoms with Crippen molar-refractivity contribution in [2.24, 2.45) is 0 Å². The molecular formula is C23H21FN4O2S. The van der Waals surface area contributed by atoms with Crippen LogP contribution >= 0.6 is 11.3 Å². The molecule has 2 aromatic heterocycles. The maximum absolute atomic E-state index is 13.0. The van der Waals surface area contributed by atoms with Gasteiger partial charge in [0.05, 0.1) is 5.69 Å². The van der Waals surface area contributed by atoms with Crippen molar-refractivity contribution in [3.05, 3.63) is 82.7 Å². The number of H-pyrrole nitrogens is 1. The van der Waals surface area contributed by atoms with Crippen LogP contribution in [-0.2, 0) is 17.6 Å². The molecule has 0 spiro atoms. The summed E-state index contributed by atoms with van der Waals surface area (Å²) in [5, 5.41) is 9.08. The number of amides is 2. The van der Waals surface area contributed by atoms with E-state index in [9.17, 15) is 14.0 Å². The Labute approximate surface area is 182 Å². The predicted molar refractivity (Wildman–Crippen MR) is 120 cm³/mol. The van der Waals surface area contributed by atoms with Crippen molar-refractivity contribution in [2.45, 2.75) is 19.3 Å². The molecule has 0 radical (unpaired) electrons. The van der Waals surface area contributed by atoms with Gasteiger partial charge in [-0.2, -0.15) is 0 Å². The molecule has 0 fully saturated rings. The van der Waals surface area contributed by atoms with Gasteiger partial charge < -0.3 is 10.3 Å². The van der Waals surface area contributed by atoms with Gasteiger partial charge in [-0.25, -0.2) is 9.37 Å². The predicted octanol–water partition coefficient (Wildman–Crippen LogP) is 4.31. The summed E-state index contributed by atoms with van der Waals surface area (Å²) < 4.78 is 13.0. The average Bonchev–Trinajstić information content (AvgIpc) is 3.40. The molecular weight excluding hydrogens is 415 g/mol. The third-order valence-corrected chi connectivity index (χ3v) is 5.68. The van der Waals surface area contributed by atoms with Crippen molar-refractivity contribution in [3.8, 4) is 0 Å². The number of aromatic nitrogens is 2. The summed E-state index contributed by atoms with van der Waals surface area (Å²) in [7, 11) is 0. The number of carbonyl (C=O) groups excluding carboxylic acids is 2. The number of hydrogen-bond acceptors (Lipinski definition) is 4. The van der Waals surface area contributed by atoms with E-state index in [1.165, 1.54) is 46.6 Å². The highest BCUT2D eigenvalue weighted by molar-refractivity contribution is 7.14. The van der Waals surface area contributed by atoms with Crippen LogP contribution in [0.5, 0.6) is 0 Å². The van der Waals surface area contributed by atoms with Crippen molar-refractivity contribution >= 4 is 39.2 Å². The molecule has 2 amide bonds. The third kappa shape index (κ3) is 5.35. The monoisotopic (exact) mass is 436 g/mol. The van der Waals surface area contributed by atoms with Gasteiger partial charge in [0.2, 0.25) is 5.91 Å². The Kier molecular flexibility index (Phi) is 6.37. The number of aryl methyl sites for hydroxylation is 1. The lowest BCUT2D eigenvalue weighted by atomic mass is 10.1. The summed E-state index contributed by atoms with van der Waals surface area (Å²) in [6.45, 7) is 0.566. The number of aromatic amines is 1. The first kappa shape index (κ1) is 20.7. The number of thiazole rings is 1. The van der Waals surface area contributed by atoms with Crippen molar-refractivity contribution < 1.29 is 14.0 Å². The molecule has 0 aliphatic heterocycles. The summed E-state index contributed by atoms with van der Waals surface area (Å²) in [4.78, 5) is 31.9. The molecule has 2 heterocycles. The number of nitrogens with zero attached hydrogens (tertiary/aromatic N) is 1. The first-order chi connectivity index (χ1) is 15.1. The second-order valence-electron chi connectivity index (χ2n) is 7.06. The van der Waals surface area contributed by atoms with Crippen LogP contribution in [0, 0.1) is 5.82 Å². The lowest BCUT2D eigenvalue weighted by Crippen LogP contribution is -2.25. The highest BCUT2D eigenvalue weighted by atomic mass is 32.1. The van der Waals surface area contributed by atoms with Gasteiger partial charge in [0.15, 0.2) is 5.13 Å². The molecule has 0 unspecified atom stereocenters. The number of para-hydroxylation sites is 1. The molecule has 158 valence electrons. The highest BCUT2D eigenvalue weighted by Gasteiger charge is 2.11. The number of benzene rings is 2. The lowest BCUT2D eigenvalue weighted by Gasteiger charge is -2.04. The Morgan fingerprint density at radius 1 is 1.06 bits per heavy atom. The van der Waals surface area contributed by atoms with E-state index in [-0.39, 0.29) is 11.8 Å². The number of fused-ring (bicyclic) bond motifs is 1. The van der Waals surface area contributed by atoms with Crippen LogP contribution < -0.4 is 10.6 Å². The lowest BCUT2D eigenvalue weighted by molar-refractivity contribution is -0.121. The fourth-order valence-corrected chi connectivity index (χ4v) is 3.99. The first-order valence-corrected chi connectivity index (χ1v) is 10.8. The van der Waals surface area contributed by atoms with Crippen LogP contribution in [0.3, 0.4) is 0 Å². The molecule has 0 saturated carbocycles. The zero-order chi connectivity index (χ0) is 21.6. The van der Waals surface area contributed by atoms with Gasteiger partial charge >= 0.3 is 0 Å². The molecule has 0 bridgehead atoms. The minimum atomic E-state index is -0.396. The number of anilines is 1. The summed E-state index contributed by atoms with van der Waals surface area (Å²) >= 11 is 1.29. The van der Waals surface area contributed by atoms with Crippen molar-refractivity contribution in [3.63, 3.8) is 0 Å². The van der Waals surface area contributed by atoms with Crippen molar-refractivity contribution in [1.82, 2.24) is 15.3 Å². The zero-order valence-electron chi connectivity index (χ0n) is 16.7. The van der Waals surface area contributed by atoms with Crippen LogP contribution in [0.25, 0.3) is 10.9 Å². The minimum Gasteiger partial charge on any atom is -0.361 e. The molecule has 0 saturated heterocycles. The summed E-state index contributed by atoms with van der Waals surface area (Å²) in [6.07, 6.45) is 3.55. The van der Waals surface area contributed by atoms with E-state index in [2.05, 4.69) is 26.7 Å². The maximum Gasteiger partial charge on any atom is 0.257 e. The molecule has 0 aliphatic carbocycles. The van der Waals surface area contributed by atoms with Gasteiger partial charge in [-0.15, -0.1) is 11.3 Å². The van der Waals surface area contributed by atoms with Crippen LogP contribution in [-0.4, -0.2) is 28.3 Å². The van der Waals surface area contributed by atoms with E-state index in [4.69, 9.17) is 0 Å². The quantitative estimate of drug-likeness (QED) is 0.385. The molecule has 2 aromatic carbocycles. The summed E-state index contributed by atoms with van der Waals surface area (Å²) in [5.41, 5.74) is 3.37. The van der Waals surface area contributed by atoms with Gasteiger partial charge in [0.25, 0.3) is 5.91 Å². The molecule has 8 heteroatoms. The fraction of sp³-hybridized carbons (Fsp3) is 0.174. The molecule has 4 rings (SSSR count). The topological polar surface area (TPSA) is 86.9 Å². The van der Waals surface area contributed by atoms with Crippen molar-refractivity contribution in [1.29, 1.82) is 0 Å². The molecule has 6 nitrogen and oxygen atoms in total. The molecule has 3 N–H and O–H groups in total. The van der Waals surface area contributed by atoms with Gasteiger partial charge in [-0.05, 0) is 48.7 Å². The van der Waals surface area contributed by atoms with E-state index in [1.807, 2.05) is 29.8 Å². The summed E-state index contributed by atoms with van der Waals surface area (Å²) in [6, 6.07) is 13.4. The fourth-order valence-electron chi connectivity index (χ4n) is 3.25. The van der Waals surface area contributed by atoms with E-state index in [0.29, 0.717) is 30.1 Å². The standard InChI is InChI=1S/C23H21FN4O2S/c24-17-7-5-15(6-8-17)22(30)28-23-27-18(14-31-23)9-10-21(29)25-12-11-16-13-26-20-4-2-1-3-19(16)20/h1-8,13-14,26H,9-12H2,(H,25,29)(H,27,28,30). The number of hydrogen-bond donors (Lipinski definition) is 3. The minimum absolute atomic E-state index is 0.0373. The Morgan fingerprint density at radius 3 is 2.71 bits per heavy atom. The number of halogens is 1. The number of rotatable bonds is 8. The largest absolute Gasteiger partial charge is 0.361 e. The Balaban J connectivity index is 1.21. The third-order valence-electron chi connectivity index (χ3n) is 4.88. The SMILES string of the molecule is O=C(CCc1csc(NC(=O)c2ccc(F)cc2)n1)NCCc1c[nH]c2ccccc12. The zero-order valence-corrected chi connectivity index (χ0v) is 17.5. The van der Waals surface area contributed by atoms with Gasteiger partial charge in [0.1, 0.15) is 5.82 Å². The maximum atomic E-state index is 13.0. The summed E-state index contributed by atoms with van der Waals surface area (Å²) in [5.74, 6) is -0.784. The second kappa shape index (κ2) is 9.53. The smallest absolute Gasteiger partial charge is 0.257 e. The van der Waals surface area contributed by atoms with Crippen LogP contribution in [0.1, 0.15) is 28.0 Å². The van der Waals surface area contributed by atoms with Gasteiger partial charge in [0, 0.05) is 41.0 Å². The van der Waals surface area contributed by atoms with E-state index >= 15 is 0 Å². The normalized spacial score (nSPS) is 10.9.